The van der Waals surface area contributed by atoms with E-state index in [-0.39, 0.29) is 0 Å². The van der Waals surface area contributed by atoms with E-state index in [0.717, 1.165) is 43.1 Å². The number of anilines is 1. The summed E-state index contributed by atoms with van der Waals surface area (Å²) in [6.07, 6.45) is 6.85. The topological polar surface area (TPSA) is 41.0 Å². The van der Waals surface area contributed by atoms with Gasteiger partial charge >= 0.3 is 0 Å². The fraction of sp³-hybridized carbons (Fsp3) is 0.765. The third kappa shape index (κ3) is 3.54. The maximum atomic E-state index is 4.50. The number of hydrogen-bond acceptors (Lipinski definition) is 4. The summed E-state index contributed by atoms with van der Waals surface area (Å²) in [6.45, 7) is 7.43. The Kier molecular flexibility index (Phi) is 4.73. The smallest absolute Gasteiger partial charge is 0.151 e. The minimum absolute atomic E-state index is 0.671. The summed E-state index contributed by atoms with van der Waals surface area (Å²) in [5, 5.41) is 12.3. The highest BCUT2D eigenvalue weighted by molar-refractivity contribution is 5.40. The molecular weight excluding hydrogens is 260 g/mol. The molecule has 1 aliphatic carbocycles. The molecule has 2 aliphatic rings. The van der Waals surface area contributed by atoms with E-state index in [1.54, 1.807) is 0 Å². The maximum Gasteiger partial charge on any atom is 0.151 e. The molecule has 2 unspecified atom stereocenters. The predicted molar refractivity (Wildman–Crippen MR) is 86.3 cm³/mol. The lowest BCUT2D eigenvalue weighted by atomic mass is 9.92. The van der Waals surface area contributed by atoms with Gasteiger partial charge in [-0.2, -0.15) is 5.10 Å². The number of nitrogens with zero attached hydrogens (tertiary/aromatic N) is 3. The lowest BCUT2D eigenvalue weighted by molar-refractivity contribution is 0.360. The van der Waals surface area contributed by atoms with Crippen LogP contribution >= 0.6 is 0 Å². The van der Waals surface area contributed by atoms with Gasteiger partial charge in [0.15, 0.2) is 5.82 Å². The van der Waals surface area contributed by atoms with Crippen molar-refractivity contribution < 1.29 is 0 Å². The molecule has 21 heavy (non-hydrogen) atoms. The number of piperidine rings is 1. The van der Waals surface area contributed by atoms with E-state index in [2.05, 4.69) is 46.4 Å². The molecule has 2 heterocycles. The first-order chi connectivity index (χ1) is 10.2. The predicted octanol–water partition coefficient (Wildman–Crippen LogP) is 2.99. The van der Waals surface area contributed by atoms with Crippen molar-refractivity contribution in [2.75, 3.05) is 18.0 Å². The molecule has 116 valence electrons. The number of aromatic nitrogens is 2. The van der Waals surface area contributed by atoms with Crippen LogP contribution in [0.2, 0.25) is 0 Å². The number of rotatable bonds is 5. The van der Waals surface area contributed by atoms with Crippen LogP contribution in [0.4, 0.5) is 5.82 Å². The largest absolute Gasteiger partial charge is 0.352 e. The van der Waals surface area contributed by atoms with E-state index in [1.807, 2.05) is 0 Å². The standard InChI is InChI=1S/C17H28N4/c1-13(2)11-18-12-15-8-9-17(20-19-15)21-10-4-6-14-5-3-7-16(14)21/h8-9,13-14,16,18H,3-7,10-12H2,1-2H3. The van der Waals surface area contributed by atoms with Crippen LogP contribution in [0.15, 0.2) is 12.1 Å². The lowest BCUT2D eigenvalue weighted by Crippen LogP contribution is -2.43. The zero-order valence-electron chi connectivity index (χ0n) is 13.4. The van der Waals surface area contributed by atoms with Gasteiger partial charge in [-0.1, -0.05) is 20.3 Å². The summed E-state index contributed by atoms with van der Waals surface area (Å²) in [6, 6.07) is 5.02. The number of nitrogens with one attached hydrogen (secondary N) is 1. The molecule has 1 N–H and O–H groups in total. The van der Waals surface area contributed by atoms with Gasteiger partial charge in [-0.05, 0) is 56.2 Å². The van der Waals surface area contributed by atoms with Gasteiger partial charge in [-0.25, -0.2) is 0 Å². The Morgan fingerprint density at radius 1 is 1.19 bits per heavy atom. The average molecular weight is 288 g/mol. The third-order valence-corrected chi connectivity index (χ3v) is 4.85. The highest BCUT2D eigenvalue weighted by atomic mass is 15.3. The molecule has 4 heteroatoms. The summed E-state index contributed by atoms with van der Waals surface area (Å²) in [5.74, 6) is 2.65. The lowest BCUT2D eigenvalue weighted by Gasteiger charge is -2.38. The Morgan fingerprint density at radius 2 is 2.05 bits per heavy atom. The van der Waals surface area contributed by atoms with Gasteiger partial charge < -0.3 is 10.2 Å². The monoisotopic (exact) mass is 288 g/mol. The van der Waals surface area contributed by atoms with Crippen molar-refractivity contribution in [2.45, 2.75) is 58.5 Å². The van der Waals surface area contributed by atoms with E-state index >= 15 is 0 Å². The molecule has 0 amide bonds. The molecule has 0 aromatic carbocycles. The first-order valence-electron chi connectivity index (χ1n) is 8.54. The average Bonchev–Trinajstić information content (AvgIpc) is 2.96. The fourth-order valence-corrected chi connectivity index (χ4v) is 3.83. The quantitative estimate of drug-likeness (QED) is 0.904. The van der Waals surface area contributed by atoms with Crippen molar-refractivity contribution in [3.8, 4) is 0 Å². The van der Waals surface area contributed by atoms with Crippen LogP contribution in [-0.2, 0) is 6.54 Å². The first-order valence-corrected chi connectivity index (χ1v) is 8.54. The normalized spacial score (nSPS) is 25.4. The van der Waals surface area contributed by atoms with Crippen LogP contribution in [0.1, 0.15) is 51.6 Å². The van der Waals surface area contributed by atoms with E-state index in [9.17, 15) is 0 Å². The van der Waals surface area contributed by atoms with Crippen LogP contribution in [-0.4, -0.2) is 29.3 Å². The summed E-state index contributed by atoms with van der Waals surface area (Å²) in [4.78, 5) is 2.51. The maximum absolute atomic E-state index is 4.50. The van der Waals surface area contributed by atoms with Gasteiger partial charge in [0.25, 0.3) is 0 Å². The van der Waals surface area contributed by atoms with E-state index in [4.69, 9.17) is 0 Å². The number of fused-ring (bicyclic) bond motifs is 1. The van der Waals surface area contributed by atoms with Crippen molar-refractivity contribution in [3.05, 3.63) is 17.8 Å². The summed E-state index contributed by atoms with van der Waals surface area (Å²) in [5.41, 5.74) is 1.04. The SMILES string of the molecule is CC(C)CNCc1ccc(N2CCCC3CCCC32)nn1. The van der Waals surface area contributed by atoms with Crippen LogP contribution < -0.4 is 10.2 Å². The van der Waals surface area contributed by atoms with Gasteiger partial charge in [0.05, 0.1) is 5.69 Å². The van der Waals surface area contributed by atoms with Gasteiger partial charge in [0, 0.05) is 19.1 Å². The Bertz CT molecular complexity index is 443. The Morgan fingerprint density at radius 3 is 2.81 bits per heavy atom. The third-order valence-electron chi connectivity index (χ3n) is 4.85. The van der Waals surface area contributed by atoms with Crippen molar-refractivity contribution in [1.29, 1.82) is 0 Å². The van der Waals surface area contributed by atoms with E-state index in [0.29, 0.717) is 5.92 Å². The highest BCUT2D eigenvalue weighted by Crippen LogP contribution is 2.38. The van der Waals surface area contributed by atoms with Crippen molar-refractivity contribution >= 4 is 5.82 Å². The second-order valence-corrected chi connectivity index (χ2v) is 7.00. The van der Waals surface area contributed by atoms with E-state index < -0.39 is 0 Å². The van der Waals surface area contributed by atoms with Gasteiger partial charge in [0.2, 0.25) is 0 Å². The zero-order chi connectivity index (χ0) is 14.7. The minimum atomic E-state index is 0.671. The van der Waals surface area contributed by atoms with Crippen molar-refractivity contribution in [2.24, 2.45) is 11.8 Å². The molecule has 0 radical (unpaired) electrons. The summed E-state index contributed by atoms with van der Waals surface area (Å²) in [7, 11) is 0. The Hall–Kier alpha value is -1.16. The van der Waals surface area contributed by atoms with Crippen LogP contribution in [0, 0.1) is 11.8 Å². The molecule has 0 spiro atoms. The Balaban J connectivity index is 1.61. The first kappa shape index (κ1) is 14.8. The molecule has 0 bridgehead atoms. The summed E-state index contributed by atoms with van der Waals surface area (Å²) < 4.78 is 0. The molecule has 1 aliphatic heterocycles. The van der Waals surface area contributed by atoms with Crippen LogP contribution in [0.5, 0.6) is 0 Å². The molecule has 4 nitrogen and oxygen atoms in total. The molecule has 1 saturated carbocycles. The molecule has 3 rings (SSSR count). The second kappa shape index (κ2) is 6.73. The summed E-state index contributed by atoms with van der Waals surface area (Å²) >= 11 is 0. The van der Waals surface area contributed by atoms with Crippen LogP contribution in [0.3, 0.4) is 0 Å². The Labute approximate surface area is 128 Å². The molecule has 2 fully saturated rings. The second-order valence-electron chi connectivity index (χ2n) is 7.00. The molecule has 2 atom stereocenters. The van der Waals surface area contributed by atoms with Gasteiger partial charge in [0.1, 0.15) is 0 Å². The van der Waals surface area contributed by atoms with Gasteiger partial charge in [-0.15, -0.1) is 5.10 Å². The molecule has 1 aromatic rings. The van der Waals surface area contributed by atoms with Crippen LogP contribution in [0.25, 0.3) is 0 Å². The molecular formula is C17H28N4. The zero-order valence-corrected chi connectivity index (χ0v) is 13.4. The van der Waals surface area contributed by atoms with Gasteiger partial charge in [-0.3, -0.25) is 0 Å². The minimum Gasteiger partial charge on any atom is -0.352 e. The number of hydrogen-bond donors (Lipinski definition) is 1. The van der Waals surface area contributed by atoms with Crippen molar-refractivity contribution in [1.82, 2.24) is 15.5 Å². The molecule has 1 saturated heterocycles. The molecule has 1 aromatic heterocycles. The fourth-order valence-electron chi connectivity index (χ4n) is 3.83. The van der Waals surface area contributed by atoms with E-state index in [1.165, 1.54) is 32.1 Å². The van der Waals surface area contributed by atoms with Crippen molar-refractivity contribution in [3.63, 3.8) is 0 Å². The highest BCUT2D eigenvalue weighted by Gasteiger charge is 2.35.